The smallest absolute Gasteiger partial charge is 0.133 e. The van der Waals surface area contributed by atoms with Crippen molar-refractivity contribution in [2.75, 3.05) is 0 Å². The summed E-state index contributed by atoms with van der Waals surface area (Å²) in [5, 5.41) is 21.0. The van der Waals surface area contributed by atoms with Crippen LogP contribution in [0, 0.1) is 46.3 Å². The molecule has 3 heteroatoms. The Morgan fingerprint density at radius 3 is 2.37 bits per heavy atom. The fraction of sp³-hybridized carbons (Fsp3) is 0.889. The molecule has 3 fully saturated rings. The molecule has 0 aliphatic heterocycles. The number of rotatable bonds is 5. The molecule has 0 spiro atoms. The van der Waals surface area contributed by atoms with E-state index in [-0.39, 0.29) is 11.3 Å². The van der Waals surface area contributed by atoms with Crippen molar-refractivity contribution in [3.8, 4) is 0 Å². The number of hydrogen-bond acceptors (Lipinski definition) is 3. The third-order valence-electron chi connectivity index (χ3n) is 10.1. The summed E-state index contributed by atoms with van der Waals surface area (Å²) in [6.45, 7) is 11.5. The molecule has 4 aliphatic carbocycles. The molecule has 4 rings (SSSR count). The Bertz CT molecular complexity index is 696. The molecule has 4 aliphatic rings. The van der Waals surface area contributed by atoms with Crippen LogP contribution in [-0.4, -0.2) is 28.2 Å². The molecule has 3 saturated carbocycles. The van der Waals surface area contributed by atoms with Crippen LogP contribution >= 0.6 is 0 Å². The minimum Gasteiger partial charge on any atom is -0.390 e. The Morgan fingerprint density at radius 1 is 1.00 bits per heavy atom. The number of ketones is 1. The van der Waals surface area contributed by atoms with Gasteiger partial charge in [-0.1, -0.05) is 46.3 Å². The van der Waals surface area contributed by atoms with Crippen LogP contribution in [0.2, 0.25) is 0 Å². The fourth-order valence-corrected chi connectivity index (χ4v) is 8.58. The molecule has 0 heterocycles. The Balaban J connectivity index is 1.53. The summed E-state index contributed by atoms with van der Waals surface area (Å²) < 4.78 is 0. The highest BCUT2D eigenvalue weighted by molar-refractivity contribution is 5.78. The number of aliphatic hydroxyl groups is 2. The highest BCUT2D eigenvalue weighted by atomic mass is 16.3. The van der Waals surface area contributed by atoms with Gasteiger partial charge in [-0.05, 0) is 91.3 Å². The van der Waals surface area contributed by atoms with Gasteiger partial charge in [0.25, 0.3) is 0 Å². The Morgan fingerprint density at radius 2 is 1.67 bits per heavy atom. The van der Waals surface area contributed by atoms with E-state index < -0.39 is 12.2 Å². The van der Waals surface area contributed by atoms with E-state index in [1.165, 1.54) is 25.7 Å². The van der Waals surface area contributed by atoms with Crippen molar-refractivity contribution >= 4 is 5.78 Å². The maximum atomic E-state index is 12.5. The van der Waals surface area contributed by atoms with Crippen LogP contribution in [0.5, 0.6) is 0 Å². The molecule has 1 unspecified atom stereocenters. The predicted octanol–water partition coefficient (Wildman–Crippen LogP) is 5.54. The first-order valence-electron chi connectivity index (χ1n) is 12.7. The first-order valence-corrected chi connectivity index (χ1v) is 12.7. The maximum absolute atomic E-state index is 12.5. The van der Waals surface area contributed by atoms with Crippen molar-refractivity contribution < 1.29 is 15.0 Å². The van der Waals surface area contributed by atoms with Gasteiger partial charge in [0.15, 0.2) is 0 Å². The molecule has 2 N–H and O–H groups in total. The molecule has 170 valence electrons. The molecule has 0 aromatic carbocycles. The van der Waals surface area contributed by atoms with Gasteiger partial charge in [-0.25, -0.2) is 0 Å². The first-order chi connectivity index (χ1) is 14.1. The second kappa shape index (κ2) is 8.03. The molecule has 0 aromatic heterocycles. The Hall–Kier alpha value is -0.670. The standard InChI is InChI=1S/C27H44O3/c1-16(2)14-18(28)15-17(3)20-8-9-21-19-6-7-23-25(30)24(29)11-13-27(23,5)22(19)10-12-26(20,21)4/h6,16-17,20-25,29-30H,7-15H2,1-5H3/t17-,20-,21+,22+,23?,24+,25-,26-,27-/m1/s1. The van der Waals surface area contributed by atoms with Gasteiger partial charge >= 0.3 is 0 Å². The summed E-state index contributed by atoms with van der Waals surface area (Å²) in [4.78, 5) is 12.5. The third-order valence-corrected chi connectivity index (χ3v) is 10.1. The van der Waals surface area contributed by atoms with Crippen LogP contribution in [0.4, 0.5) is 0 Å². The van der Waals surface area contributed by atoms with E-state index in [2.05, 4.69) is 40.7 Å². The van der Waals surface area contributed by atoms with E-state index in [1.54, 1.807) is 5.57 Å². The topological polar surface area (TPSA) is 57.5 Å². The molecule has 9 atom stereocenters. The first kappa shape index (κ1) is 22.5. The van der Waals surface area contributed by atoms with Gasteiger partial charge in [-0.15, -0.1) is 0 Å². The van der Waals surface area contributed by atoms with E-state index in [1.807, 2.05) is 0 Å². The van der Waals surface area contributed by atoms with Crippen LogP contribution in [0.3, 0.4) is 0 Å². The Labute approximate surface area is 183 Å². The van der Waals surface area contributed by atoms with Crippen molar-refractivity contribution in [3.05, 3.63) is 11.6 Å². The summed E-state index contributed by atoms with van der Waals surface area (Å²) >= 11 is 0. The van der Waals surface area contributed by atoms with Crippen molar-refractivity contribution in [1.82, 2.24) is 0 Å². The molecule has 0 radical (unpaired) electrons. The van der Waals surface area contributed by atoms with Crippen LogP contribution < -0.4 is 0 Å². The van der Waals surface area contributed by atoms with Crippen LogP contribution in [0.25, 0.3) is 0 Å². The number of Topliss-reactive ketones (excluding diaryl/α,β-unsaturated/α-hetero) is 1. The summed E-state index contributed by atoms with van der Waals surface area (Å²) in [5.74, 6) is 3.42. The summed E-state index contributed by atoms with van der Waals surface area (Å²) in [5.41, 5.74) is 2.12. The number of fused-ring (bicyclic) bond motifs is 5. The second-order valence-electron chi connectivity index (χ2n) is 12.3. The van der Waals surface area contributed by atoms with Crippen LogP contribution in [0.1, 0.15) is 92.4 Å². The minimum atomic E-state index is -0.571. The SMILES string of the molecule is CC(C)CC(=O)C[C@@H](C)[C@H]1CC[C@H]2C3=CCC4[C@@H](O)[C@@H](O)CC[C@]4(C)[C@H]3CC[C@]12C. The lowest BCUT2D eigenvalue weighted by atomic mass is 9.47. The van der Waals surface area contributed by atoms with E-state index in [9.17, 15) is 15.0 Å². The molecule has 3 nitrogen and oxygen atoms in total. The molecular formula is C27H44O3. The zero-order valence-corrected chi connectivity index (χ0v) is 19.9. The average molecular weight is 417 g/mol. The predicted molar refractivity (Wildman–Crippen MR) is 121 cm³/mol. The zero-order valence-electron chi connectivity index (χ0n) is 19.9. The van der Waals surface area contributed by atoms with Gasteiger partial charge in [0, 0.05) is 12.8 Å². The number of allylic oxidation sites excluding steroid dienone is 2. The van der Waals surface area contributed by atoms with Gasteiger partial charge in [0.1, 0.15) is 5.78 Å². The quantitative estimate of drug-likeness (QED) is 0.579. The van der Waals surface area contributed by atoms with E-state index >= 15 is 0 Å². The lowest BCUT2D eigenvalue weighted by Crippen LogP contribution is -2.55. The average Bonchev–Trinajstić information content (AvgIpc) is 3.01. The fourth-order valence-electron chi connectivity index (χ4n) is 8.58. The molecule has 0 amide bonds. The lowest BCUT2D eigenvalue weighted by Gasteiger charge is -2.58. The molecule has 0 saturated heterocycles. The van der Waals surface area contributed by atoms with E-state index in [0.717, 1.165) is 32.1 Å². The van der Waals surface area contributed by atoms with E-state index in [4.69, 9.17) is 0 Å². The van der Waals surface area contributed by atoms with Gasteiger partial charge in [-0.3, -0.25) is 4.79 Å². The lowest BCUT2D eigenvalue weighted by molar-refractivity contribution is -0.125. The molecule has 0 aromatic rings. The number of hydrogen-bond donors (Lipinski definition) is 2. The van der Waals surface area contributed by atoms with Crippen LogP contribution in [-0.2, 0) is 4.79 Å². The highest BCUT2D eigenvalue weighted by Gasteiger charge is 2.59. The Kier molecular flexibility index (Phi) is 6.03. The molecule has 0 bridgehead atoms. The highest BCUT2D eigenvalue weighted by Crippen LogP contribution is 2.66. The molecular weight excluding hydrogens is 372 g/mol. The van der Waals surface area contributed by atoms with E-state index in [0.29, 0.717) is 40.8 Å². The van der Waals surface area contributed by atoms with Crippen molar-refractivity contribution in [2.45, 2.75) is 105 Å². The summed E-state index contributed by atoms with van der Waals surface area (Å²) in [7, 11) is 0. The van der Waals surface area contributed by atoms with Gasteiger partial charge in [-0.2, -0.15) is 0 Å². The van der Waals surface area contributed by atoms with Crippen LogP contribution in [0.15, 0.2) is 11.6 Å². The second-order valence-corrected chi connectivity index (χ2v) is 12.3. The zero-order chi connectivity index (χ0) is 21.8. The summed E-state index contributed by atoms with van der Waals surface area (Å²) in [6, 6.07) is 0. The van der Waals surface area contributed by atoms with Crippen molar-refractivity contribution in [1.29, 1.82) is 0 Å². The van der Waals surface area contributed by atoms with Crippen molar-refractivity contribution in [3.63, 3.8) is 0 Å². The van der Waals surface area contributed by atoms with Gasteiger partial charge in [0.05, 0.1) is 12.2 Å². The third kappa shape index (κ3) is 3.52. The number of carbonyl (C=O) groups excluding carboxylic acids is 1. The van der Waals surface area contributed by atoms with Gasteiger partial charge < -0.3 is 10.2 Å². The summed E-state index contributed by atoms with van der Waals surface area (Å²) in [6.07, 6.45) is 10.5. The number of carbonyl (C=O) groups is 1. The molecule has 30 heavy (non-hydrogen) atoms. The maximum Gasteiger partial charge on any atom is 0.133 e. The monoisotopic (exact) mass is 416 g/mol. The largest absolute Gasteiger partial charge is 0.390 e. The van der Waals surface area contributed by atoms with Gasteiger partial charge in [0.2, 0.25) is 0 Å². The number of aliphatic hydroxyl groups excluding tert-OH is 2. The normalized spacial score (nSPS) is 46.6. The minimum absolute atomic E-state index is 0.126. The van der Waals surface area contributed by atoms with Crippen molar-refractivity contribution in [2.24, 2.45) is 46.3 Å².